The van der Waals surface area contributed by atoms with Crippen molar-refractivity contribution in [2.45, 2.75) is 52.1 Å². The van der Waals surface area contributed by atoms with E-state index < -0.39 is 0 Å². The monoisotopic (exact) mass is 303 g/mol. The van der Waals surface area contributed by atoms with Gasteiger partial charge in [-0.3, -0.25) is 9.58 Å². The average Bonchev–Trinajstić information content (AvgIpc) is 2.70. The Balaban J connectivity index is 2.12. The zero-order valence-electron chi connectivity index (χ0n) is 12.0. The fourth-order valence-corrected chi connectivity index (χ4v) is 3.23. The predicted octanol–water partition coefficient (Wildman–Crippen LogP) is 3.57. The number of alkyl halides is 1. The maximum Gasteiger partial charge on any atom is 0.0863 e. The summed E-state index contributed by atoms with van der Waals surface area (Å²) in [5.74, 6) is 0.540. The summed E-state index contributed by atoms with van der Waals surface area (Å²) >= 11 is 12.7. The predicted molar refractivity (Wildman–Crippen MR) is 81.0 cm³/mol. The molecule has 0 radical (unpaired) electrons. The molecular formula is C14H23Cl2N3. The van der Waals surface area contributed by atoms with Gasteiger partial charge in [-0.2, -0.15) is 5.10 Å². The smallest absolute Gasteiger partial charge is 0.0863 e. The van der Waals surface area contributed by atoms with Crippen LogP contribution in [0, 0.1) is 5.92 Å². The molecule has 2 unspecified atom stereocenters. The van der Waals surface area contributed by atoms with Crippen molar-refractivity contribution in [3.8, 4) is 0 Å². The van der Waals surface area contributed by atoms with Gasteiger partial charge >= 0.3 is 0 Å². The van der Waals surface area contributed by atoms with Crippen molar-refractivity contribution in [3.05, 3.63) is 16.4 Å². The minimum atomic E-state index is 0.314. The molecule has 5 heteroatoms. The number of halogens is 2. The van der Waals surface area contributed by atoms with E-state index in [1.54, 1.807) is 0 Å². The van der Waals surface area contributed by atoms with Crippen LogP contribution in [-0.2, 0) is 19.5 Å². The van der Waals surface area contributed by atoms with Crippen LogP contribution in [0.5, 0.6) is 0 Å². The van der Waals surface area contributed by atoms with Crippen LogP contribution in [0.25, 0.3) is 0 Å². The van der Waals surface area contributed by atoms with Gasteiger partial charge in [0.15, 0.2) is 0 Å². The molecule has 0 bridgehead atoms. The minimum absolute atomic E-state index is 0.314. The van der Waals surface area contributed by atoms with Crippen LogP contribution in [0.1, 0.15) is 38.6 Å². The van der Waals surface area contributed by atoms with Gasteiger partial charge in [0.05, 0.1) is 16.4 Å². The van der Waals surface area contributed by atoms with Crippen molar-refractivity contribution in [2.75, 3.05) is 13.1 Å². The number of rotatable bonds is 4. The summed E-state index contributed by atoms with van der Waals surface area (Å²) in [7, 11) is 0. The lowest BCUT2D eigenvalue weighted by Crippen LogP contribution is -2.39. The molecule has 2 rings (SSSR count). The van der Waals surface area contributed by atoms with E-state index in [1.165, 1.54) is 0 Å². The molecule has 0 N–H and O–H groups in total. The van der Waals surface area contributed by atoms with Gasteiger partial charge in [0.25, 0.3) is 0 Å². The number of aryl methyl sites for hydroxylation is 2. The number of hydrogen-bond donors (Lipinski definition) is 0. The maximum atomic E-state index is 6.46. The minimum Gasteiger partial charge on any atom is -0.297 e. The third kappa shape index (κ3) is 3.26. The lowest BCUT2D eigenvalue weighted by molar-refractivity contribution is 0.175. The summed E-state index contributed by atoms with van der Waals surface area (Å²) in [6.07, 6.45) is 1.94. The highest BCUT2D eigenvalue weighted by atomic mass is 35.5. The highest BCUT2D eigenvalue weighted by molar-refractivity contribution is 6.31. The van der Waals surface area contributed by atoms with Crippen molar-refractivity contribution in [2.24, 2.45) is 5.92 Å². The summed E-state index contributed by atoms with van der Waals surface area (Å²) in [6.45, 7) is 10.3. The van der Waals surface area contributed by atoms with Crippen molar-refractivity contribution < 1.29 is 0 Å². The first-order valence-electron chi connectivity index (χ1n) is 7.17. The molecular weight excluding hydrogens is 281 g/mol. The highest BCUT2D eigenvalue weighted by Crippen LogP contribution is 2.27. The van der Waals surface area contributed by atoms with E-state index in [-0.39, 0.29) is 0 Å². The van der Waals surface area contributed by atoms with Gasteiger partial charge < -0.3 is 0 Å². The van der Waals surface area contributed by atoms with Gasteiger partial charge in [-0.15, -0.1) is 11.6 Å². The lowest BCUT2D eigenvalue weighted by Gasteiger charge is -2.34. The van der Waals surface area contributed by atoms with E-state index in [1.807, 2.05) is 4.68 Å². The molecule has 0 saturated carbocycles. The summed E-state index contributed by atoms with van der Waals surface area (Å²) in [4.78, 5) is 2.44. The van der Waals surface area contributed by atoms with Crippen molar-refractivity contribution in [3.63, 3.8) is 0 Å². The molecule has 2 atom stereocenters. The van der Waals surface area contributed by atoms with E-state index in [9.17, 15) is 0 Å². The molecule has 1 aliphatic rings. The van der Waals surface area contributed by atoms with Crippen LogP contribution in [0.15, 0.2) is 0 Å². The second-order valence-corrected chi connectivity index (χ2v) is 6.33. The topological polar surface area (TPSA) is 21.1 Å². The van der Waals surface area contributed by atoms with Crippen LogP contribution in [-0.4, -0.2) is 33.1 Å². The molecule has 3 nitrogen and oxygen atoms in total. The molecule has 1 saturated heterocycles. The zero-order chi connectivity index (χ0) is 14.0. The molecule has 19 heavy (non-hydrogen) atoms. The molecule has 1 fully saturated rings. The summed E-state index contributed by atoms with van der Waals surface area (Å²) in [5, 5.41) is 5.74. The third-order valence-electron chi connectivity index (χ3n) is 3.95. The standard InChI is InChI=1S/C14H23Cl2N3/c1-4-12-14(16)13(19(5-2)17-12)9-18-7-6-11(15)10(3)8-18/h10-11H,4-9H2,1-3H3. The van der Waals surface area contributed by atoms with Crippen molar-refractivity contribution >= 4 is 23.2 Å². The van der Waals surface area contributed by atoms with Gasteiger partial charge in [-0.25, -0.2) is 0 Å². The van der Waals surface area contributed by atoms with Crippen LogP contribution >= 0.6 is 23.2 Å². The second kappa shape index (κ2) is 6.47. The van der Waals surface area contributed by atoms with Gasteiger partial charge in [-0.05, 0) is 32.2 Å². The van der Waals surface area contributed by atoms with Crippen LogP contribution in [0.2, 0.25) is 5.02 Å². The normalized spacial score (nSPS) is 24.9. The Hall–Kier alpha value is -0.250. The Morgan fingerprint density at radius 2 is 2.11 bits per heavy atom. The molecule has 2 heterocycles. The van der Waals surface area contributed by atoms with E-state index in [2.05, 4.69) is 30.8 Å². The van der Waals surface area contributed by atoms with E-state index in [4.69, 9.17) is 23.2 Å². The van der Waals surface area contributed by atoms with Crippen LogP contribution in [0.3, 0.4) is 0 Å². The van der Waals surface area contributed by atoms with Gasteiger partial charge in [0, 0.05) is 25.0 Å². The lowest BCUT2D eigenvalue weighted by atomic mass is 9.99. The number of nitrogens with zero attached hydrogens (tertiary/aromatic N) is 3. The Morgan fingerprint density at radius 3 is 2.68 bits per heavy atom. The quantitative estimate of drug-likeness (QED) is 0.793. The van der Waals surface area contributed by atoms with Crippen molar-refractivity contribution in [1.29, 1.82) is 0 Å². The first-order valence-corrected chi connectivity index (χ1v) is 7.98. The van der Waals surface area contributed by atoms with E-state index >= 15 is 0 Å². The van der Waals surface area contributed by atoms with Gasteiger partial charge in [-0.1, -0.05) is 25.4 Å². The van der Waals surface area contributed by atoms with Gasteiger partial charge in [0.2, 0.25) is 0 Å². The molecule has 0 amide bonds. The Labute approximate surface area is 125 Å². The molecule has 0 aliphatic carbocycles. The first-order chi connectivity index (χ1) is 9.06. The molecule has 1 aromatic heterocycles. The number of piperidine rings is 1. The fourth-order valence-electron chi connectivity index (χ4n) is 2.73. The average molecular weight is 304 g/mol. The van der Waals surface area contributed by atoms with Gasteiger partial charge in [0.1, 0.15) is 0 Å². The molecule has 1 aliphatic heterocycles. The third-order valence-corrected chi connectivity index (χ3v) is 5.04. The highest BCUT2D eigenvalue weighted by Gasteiger charge is 2.26. The molecule has 108 valence electrons. The summed E-state index contributed by atoms with van der Waals surface area (Å²) in [6, 6.07) is 0. The van der Waals surface area contributed by atoms with Crippen molar-refractivity contribution in [1.82, 2.24) is 14.7 Å². The number of likely N-dealkylation sites (tertiary alicyclic amines) is 1. The zero-order valence-corrected chi connectivity index (χ0v) is 13.5. The summed E-state index contributed by atoms with van der Waals surface area (Å²) < 4.78 is 2.04. The number of aromatic nitrogens is 2. The maximum absolute atomic E-state index is 6.46. The Morgan fingerprint density at radius 1 is 1.37 bits per heavy atom. The fraction of sp³-hybridized carbons (Fsp3) is 0.786. The molecule has 0 spiro atoms. The Kier molecular flexibility index (Phi) is 5.15. The van der Waals surface area contributed by atoms with Crippen LogP contribution < -0.4 is 0 Å². The number of hydrogen-bond acceptors (Lipinski definition) is 2. The van der Waals surface area contributed by atoms with E-state index in [0.29, 0.717) is 11.3 Å². The van der Waals surface area contributed by atoms with Crippen LogP contribution in [0.4, 0.5) is 0 Å². The van der Waals surface area contributed by atoms with E-state index in [0.717, 1.165) is 55.4 Å². The SMILES string of the molecule is CCc1nn(CC)c(CN2CCC(Cl)C(C)C2)c1Cl. The molecule has 1 aromatic rings. The molecule has 0 aromatic carbocycles. The Bertz CT molecular complexity index is 431. The summed E-state index contributed by atoms with van der Waals surface area (Å²) in [5.41, 5.74) is 2.17. The largest absolute Gasteiger partial charge is 0.297 e. The first kappa shape index (κ1) is 15.1. The second-order valence-electron chi connectivity index (χ2n) is 5.39.